The maximum Gasteiger partial charge on any atom is 0.225 e. The van der Waals surface area contributed by atoms with Crippen LogP contribution >= 0.6 is 0 Å². The zero-order valence-electron chi connectivity index (χ0n) is 16.0. The number of para-hydroxylation sites is 1. The van der Waals surface area contributed by atoms with E-state index in [2.05, 4.69) is 15.1 Å². The molecule has 0 atom stereocenters. The van der Waals surface area contributed by atoms with Crippen molar-refractivity contribution in [2.24, 2.45) is 0 Å². The van der Waals surface area contributed by atoms with Gasteiger partial charge in [0, 0.05) is 45.7 Å². The fraction of sp³-hybridized carbons (Fsp3) is 0.381. The molecule has 1 saturated heterocycles. The summed E-state index contributed by atoms with van der Waals surface area (Å²) in [5.41, 5.74) is 1.13. The third kappa shape index (κ3) is 5.50. The number of nitrogens with zero attached hydrogens (tertiary/aromatic N) is 2. The Hall–Kier alpha value is -2.51. The molecule has 3 rings (SSSR count). The smallest absolute Gasteiger partial charge is 0.225 e. The van der Waals surface area contributed by atoms with E-state index in [9.17, 15) is 13.6 Å². The van der Waals surface area contributed by atoms with Crippen LogP contribution in [0.3, 0.4) is 0 Å². The highest BCUT2D eigenvalue weighted by atomic mass is 19.1. The Morgan fingerprint density at radius 1 is 1.04 bits per heavy atom. The Morgan fingerprint density at radius 2 is 1.75 bits per heavy atom. The number of hydrogen-bond donors (Lipinski definition) is 1. The van der Waals surface area contributed by atoms with E-state index < -0.39 is 5.82 Å². The number of rotatable bonds is 7. The molecule has 7 heteroatoms. The molecule has 1 fully saturated rings. The first-order valence-corrected chi connectivity index (χ1v) is 9.36. The van der Waals surface area contributed by atoms with Crippen LogP contribution in [0.15, 0.2) is 42.5 Å². The largest absolute Gasteiger partial charge is 0.494 e. The van der Waals surface area contributed by atoms with Gasteiger partial charge in [0.1, 0.15) is 5.82 Å². The number of benzene rings is 2. The van der Waals surface area contributed by atoms with Crippen molar-refractivity contribution in [1.82, 2.24) is 9.80 Å². The standard InChI is InChI=1S/C21H25F2N3O2/c1-28-20-7-6-16(14-18(20)23)15-26-12-10-25(11-13-26)9-8-21(27)24-19-5-3-2-4-17(19)22/h2-7,14H,8-13,15H2,1H3,(H,24,27). The van der Waals surface area contributed by atoms with Crippen LogP contribution in [-0.4, -0.2) is 55.5 Å². The van der Waals surface area contributed by atoms with Crippen LogP contribution in [0.5, 0.6) is 5.75 Å². The van der Waals surface area contributed by atoms with Crippen molar-refractivity contribution in [2.45, 2.75) is 13.0 Å². The second-order valence-electron chi connectivity index (χ2n) is 6.86. The summed E-state index contributed by atoms with van der Waals surface area (Å²) in [5, 5.41) is 2.61. The van der Waals surface area contributed by atoms with Gasteiger partial charge >= 0.3 is 0 Å². The van der Waals surface area contributed by atoms with Crippen molar-refractivity contribution in [2.75, 3.05) is 45.2 Å². The molecular formula is C21H25F2N3O2. The number of carbonyl (C=O) groups is 1. The van der Waals surface area contributed by atoms with Crippen LogP contribution in [0.2, 0.25) is 0 Å². The summed E-state index contributed by atoms with van der Waals surface area (Å²) in [5.74, 6) is -0.720. The summed E-state index contributed by atoms with van der Waals surface area (Å²) < 4.78 is 32.3. The van der Waals surface area contributed by atoms with Crippen molar-refractivity contribution in [3.05, 3.63) is 59.7 Å². The topological polar surface area (TPSA) is 44.8 Å². The molecule has 0 bridgehead atoms. The molecule has 28 heavy (non-hydrogen) atoms. The van der Waals surface area contributed by atoms with Crippen molar-refractivity contribution < 1.29 is 18.3 Å². The first-order valence-electron chi connectivity index (χ1n) is 9.36. The first kappa shape index (κ1) is 20.2. The minimum Gasteiger partial charge on any atom is -0.494 e. The summed E-state index contributed by atoms with van der Waals surface area (Å²) >= 11 is 0. The summed E-state index contributed by atoms with van der Waals surface area (Å²) in [4.78, 5) is 16.5. The number of carbonyl (C=O) groups excluding carboxylic acids is 1. The molecule has 0 aliphatic carbocycles. The lowest BCUT2D eigenvalue weighted by molar-refractivity contribution is -0.116. The van der Waals surface area contributed by atoms with E-state index in [1.807, 2.05) is 6.07 Å². The van der Waals surface area contributed by atoms with E-state index in [4.69, 9.17) is 4.74 Å². The monoisotopic (exact) mass is 389 g/mol. The summed E-state index contributed by atoms with van der Waals surface area (Å²) in [6, 6.07) is 11.2. The van der Waals surface area contributed by atoms with Gasteiger partial charge in [-0.3, -0.25) is 9.69 Å². The molecule has 0 unspecified atom stereocenters. The normalized spacial score (nSPS) is 15.4. The maximum absolute atomic E-state index is 13.8. The molecule has 1 N–H and O–H groups in total. The highest BCUT2D eigenvalue weighted by Crippen LogP contribution is 2.19. The predicted molar refractivity (Wildman–Crippen MR) is 104 cm³/mol. The first-order chi connectivity index (χ1) is 13.5. The quantitative estimate of drug-likeness (QED) is 0.790. The van der Waals surface area contributed by atoms with Gasteiger partial charge in [-0.05, 0) is 29.8 Å². The maximum atomic E-state index is 13.8. The minimum absolute atomic E-state index is 0.193. The molecule has 0 saturated carbocycles. The number of hydrogen-bond acceptors (Lipinski definition) is 4. The van der Waals surface area contributed by atoms with E-state index in [0.29, 0.717) is 19.5 Å². The van der Waals surface area contributed by atoms with Crippen molar-refractivity contribution in [1.29, 1.82) is 0 Å². The van der Waals surface area contributed by atoms with Gasteiger partial charge in [0.05, 0.1) is 12.8 Å². The predicted octanol–water partition coefficient (Wildman–Crippen LogP) is 3.12. The zero-order chi connectivity index (χ0) is 19.9. The average molecular weight is 389 g/mol. The minimum atomic E-state index is -0.431. The van der Waals surface area contributed by atoms with Crippen LogP contribution in [0.25, 0.3) is 0 Å². The van der Waals surface area contributed by atoms with Gasteiger partial charge in [-0.15, -0.1) is 0 Å². The molecule has 0 radical (unpaired) electrons. The summed E-state index contributed by atoms with van der Waals surface area (Å²) in [6.45, 7) is 4.69. The van der Waals surface area contributed by atoms with Crippen LogP contribution in [0, 0.1) is 11.6 Å². The molecule has 5 nitrogen and oxygen atoms in total. The van der Waals surface area contributed by atoms with Gasteiger partial charge in [-0.2, -0.15) is 0 Å². The average Bonchev–Trinajstić information content (AvgIpc) is 2.69. The van der Waals surface area contributed by atoms with E-state index in [-0.39, 0.29) is 23.2 Å². The van der Waals surface area contributed by atoms with Gasteiger partial charge in [-0.1, -0.05) is 18.2 Å². The molecule has 1 aliphatic rings. The van der Waals surface area contributed by atoms with Gasteiger partial charge in [-0.25, -0.2) is 8.78 Å². The molecule has 0 spiro atoms. The Bertz CT molecular complexity index is 808. The van der Waals surface area contributed by atoms with Crippen LogP contribution < -0.4 is 10.1 Å². The number of nitrogens with one attached hydrogen (secondary N) is 1. The third-order valence-corrected chi connectivity index (χ3v) is 4.89. The SMILES string of the molecule is COc1ccc(CN2CCN(CCC(=O)Nc3ccccc3F)CC2)cc1F. The van der Waals surface area contributed by atoms with Crippen molar-refractivity contribution >= 4 is 11.6 Å². The lowest BCUT2D eigenvalue weighted by Gasteiger charge is -2.34. The molecule has 1 heterocycles. The van der Waals surface area contributed by atoms with Gasteiger partial charge in [0.15, 0.2) is 11.6 Å². The Morgan fingerprint density at radius 3 is 2.43 bits per heavy atom. The fourth-order valence-electron chi connectivity index (χ4n) is 3.27. The van der Waals surface area contributed by atoms with Crippen molar-refractivity contribution in [3.8, 4) is 5.75 Å². The molecule has 2 aromatic rings. The molecule has 1 aliphatic heterocycles. The van der Waals surface area contributed by atoms with E-state index in [1.54, 1.807) is 24.3 Å². The molecule has 1 amide bonds. The Labute approximate surface area is 163 Å². The summed E-state index contributed by atoms with van der Waals surface area (Å²) in [6.07, 6.45) is 0.317. The van der Waals surface area contributed by atoms with E-state index in [1.165, 1.54) is 19.2 Å². The number of piperazine rings is 1. The number of methoxy groups -OCH3 is 1. The number of amides is 1. The number of anilines is 1. The lowest BCUT2D eigenvalue weighted by Crippen LogP contribution is -2.46. The molecule has 150 valence electrons. The highest BCUT2D eigenvalue weighted by molar-refractivity contribution is 5.90. The van der Waals surface area contributed by atoms with E-state index >= 15 is 0 Å². The number of halogens is 2. The lowest BCUT2D eigenvalue weighted by atomic mass is 10.1. The van der Waals surface area contributed by atoms with Crippen LogP contribution in [-0.2, 0) is 11.3 Å². The Balaban J connectivity index is 1.40. The van der Waals surface area contributed by atoms with Gasteiger partial charge in [0.2, 0.25) is 5.91 Å². The van der Waals surface area contributed by atoms with Gasteiger partial charge in [0.25, 0.3) is 0 Å². The zero-order valence-corrected chi connectivity index (χ0v) is 16.0. The van der Waals surface area contributed by atoms with Gasteiger partial charge < -0.3 is 15.0 Å². The number of ether oxygens (including phenoxy) is 1. The fourth-order valence-corrected chi connectivity index (χ4v) is 3.27. The van der Waals surface area contributed by atoms with E-state index in [0.717, 1.165) is 31.7 Å². The second kappa shape index (κ2) is 9.61. The van der Waals surface area contributed by atoms with Crippen LogP contribution in [0.1, 0.15) is 12.0 Å². The molecule has 0 aromatic heterocycles. The third-order valence-electron chi connectivity index (χ3n) is 4.89. The second-order valence-corrected chi connectivity index (χ2v) is 6.86. The van der Waals surface area contributed by atoms with Crippen LogP contribution in [0.4, 0.5) is 14.5 Å². The Kier molecular flexibility index (Phi) is 6.95. The molecular weight excluding hydrogens is 364 g/mol. The van der Waals surface area contributed by atoms with Crippen molar-refractivity contribution in [3.63, 3.8) is 0 Å². The summed E-state index contributed by atoms with van der Waals surface area (Å²) in [7, 11) is 1.45. The highest BCUT2D eigenvalue weighted by Gasteiger charge is 2.18. The molecule has 2 aromatic carbocycles.